The van der Waals surface area contributed by atoms with E-state index in [0.717, 1.165) is 32.2 Å². The summed E-state index contributed by atoms with van der Waals surface area (Å²) in [4.78, 5) is 14.3. The number of amides is 1. The van der Waals surface area contributed by atoms with E-state index < -0.39 is 10.0 Å². The second kappa shape index (κ2) is 7.11. The van der Waals surface area contributed by atoms with Crippen LogP contribution in [0.15, 0.2) is 18.2 Å². The van der Waals surface area contributed by atoms with Crippen LogP contribution in [0.25, 0.3) is 0 Å². The Morgan fingerprint density at radius 2 is 2.08 bits per heavy atom. The molecule has 25 heavy (non-hydrogen) atoms. The molecule has 0 N–H and O–H groups in total. The van der Waals surface area contributed by atoms with Crippen molar-refractivity contribution in [2.45, 2.75) is 26.2 Å². The third-order valence-electron chi connectivity index (χ3n) is 4.58. The molecule has 1 unspecified atom stereocenters. The van der Waals surface area contributed by atoms with E-state index in [4.69, 9.17) is 9.47 Å². The van der Waals surface area contributed by atoms with Crippen molar-refractivity contribution in [3.8, 4) is 11.5 Å². The van der Waals surface area contributed by atoms with Gasteiger partial charge in [-0.25, -0.2) is 8.42 Å². The van der Waals surface area contributed by atoms with Gasteiger partial charge in [0.05, 0.1) is 11.9 Å². The molecule has 0 bridgehead atoms. The number of carbonyl (C=O) groups is 1. The molecule has 1 aromatic carbocycles. The van der Waals surface area contributed by atoms with Gasteiger partial charge in [-0.05, 0) is 30.9 Å². The number of hydrogen-bond donors (Lipinski definition) is 0. The molecule has 1 fully saturated rings. The predicted molar refractivity (Wildman–Crippen MR) is 94.3 cm³/mol. The number of benzene rings is 1. The SMILES string of the molecule is CC1CCCN(C(=O)CCN(c2ccc3c(c2)OCO3)S(C)(=O)=O)C1. The van der Waals surface area contributed by atoms with Crippen LogP contribution >= 0.6 is 0 Å². The maximum atomic E-state index is 12.5. The number of nitrogens with zero attached hydrogens (tertiary/aromatic N) is 2. The zero-order chi connectivity index (χ0) is 18.0. The lowest BCUT2D eigenvalue weighted by atomic mass is 10.00. The first-order chi connectivity index (χ1) is 11.8. The number of likely N-dealkylation sites (tertiary alicyclic amines) is 1. The second-order valence-corrected chi connectivity index (χ2v) is 8.62. The third-order valence-corrected chi connectivity index (χ3v) is 5.78. The van der Waals surface area contributed by atoms with Crippen molar-refractivity contribution in [1.29, 1.82) is 0 Å². The Morgan fingerprint density at radius 1 is 1.32 bits per heavy atom. The Hall–Kier alpha value is -1.96. The van der Waals surface area contributed by atoms with E-state index in [2.05, 4.69) is 6.92 Å². The van der Waals surface area contributed by atoms with E-state index in [1.54, 1.807) is 18.2 Å². The first-order valence-electron chi connectivity index (χ1n) is 8.50. The molecule has 2 aliphatic heterocycles. The molecule has 2 heterocycles. The Bertz CT molecular complexity index is 749. The van der Waals surface area contributed by atoms with Crippen molar-refractivity contribution in [3.63, 3.8) is 0 Å². The van der Waals surface area contributed by atoms with Gasteiger partial charge in [0.25, 0.3) is 0 Å². The fourth-order valence-electron chi connectivity index (χ4n) is 3.30. The van der Waals surface area contributed by atoms with E-state index in [1.807, 2.05) is 4.90 Å². The van der Waals surface area contributed by atoms with Crippen LogP contribution < -0.4 is 13.8 Å². The quantitative estimate of drug-likeness (QED) is 0.792. The normalized spacial score (nSPS) is 19.8. The van der Waals surface area contributed by atoms with E-state index in [1.165, 1.54) is 4.31 Å². The number of anilines is 1. The molecule has 1 aromatic rings. The number of sulfonamides is 1. The van der Waals surface area contributed by atoms with Gasteiger partial charge in [-0.3, -0.25) is 9.10 Å². The summed E-state index contributed by atoms with van der Waals surface area (Å²) in [6, 6.07) is 4.99. The molecule has 138 valence electrons. The van der Waals surface area contributed by atoms with Crippen molar-refractivity contribution >= 4 is 21.6 Å². The van der Waals surface area contributed by atoms with Crippen molar-refractivity contribution in [2.24, 2.45) is 5.92 Å². The minimum absolute atomic E-state index is 0.000873. The Balaban J connectivity index is 1.71. The van der Waals surface area contributed by atoms with Crippen molar-refractivity contribution in [2.75, 3.05) is 37.0 Å². The van der Waals surface area contributed by atoms with Gasteiger partial charge >= 0.3 is 0 Å². The number of ether oxygens (including phenoxy) is 2. The number of fused-ring (bicyclic) bond motifs is 1. The smallest absolute Gasteiger partial charge is 0.232 e. The van der Waals surface area contributed by atoms with Gasteiger partial charge in [0.1, 0.15) is 0 Å². The van der Waals surface area contributed by atoms with Gasteiger partial charge in [0, 0.05) is 32.1 Å². The summed E-state index contributed by atoms with van der Waals surface area (Å²) < 4.78 is 36.2. The van der Waals surface area contributed by atoms with Gasteiger partial charge in [0.15, 0.2) is 11.5 Å². The lowest BCUT2D eigenvalue weighted by molar-refractivity contribution is -0.132. The van der Waals surface area contributed by atoms with Gasteiger partial charge in [-0.1, -0.05) is 6.92 Å². The fourth-order valence-corrected chi connectivity index (χ4v) is 4.22. The molecule has 1 saturated heterocycles. The van der Waals surface area contributed by atoms with Gasteiger partial charge in [0.2, 0.25) is 22.7 Å². The van der Waals surface area contributed by atoms with Crippen LogP contribution in [0, 0.1) is 5.92 Å². The van der Waals surface area contributed by atoms with Crippen molar-refractivity contribution in [3.05, 3.63) is 18.2 Å². The summed E-state index contributed by atoms with van der Waals surface area (Å²) in [7, 11) is -3.51. The number of hydrogen-bond acceptors (Lipinski definition) is 5. The first kappa shape index (κ1) is 17.8. The highest BCUT2D eigenvalue weighted by molar-refractivity contribution is 7.92. The zero-order valence-corrected chi connectivity index (χ0v) is 15.4. The van der Waals surface area contributed by atoms with E-state index >= 15 is 0 Å². The number of carbonyl (C=O) groups excluding carboxylic acids is 1. The molecule has 0 saturated carbocycles. The molecule has 0 aromatic heterocycles. The van der Waals surface area contributed by atoms with Crippen molar-refractivity contribution < 1.29 is 22.7 Å². The van der Waals surface area contributed by atoms with Gasteiger partial charge < -0.3 is 14.4 Å². The molecule has 0 radical (unpaired) electrons. The third kappa shape index (κ3) is 4.18. The molecule has 3 rings (SSSR count). The largest absolute Gasteiger partial charge is 0.454 e. The highest BCUT2D eigenvalue weighted by atomic mass is 32.2. The van der Waals surface area contributed by atoms with Crippen LogP contribution in [0.4, 0.5) is 5.69 Å². The Kier molecular flexibility index (Phi) is 5.08. The highest BCUT2D eigenvalue weighted by Gasteiger charge is 2.25. The predicted octanol–water partition coefficient (Wildman–Crippen LogP) is 1.83. The maximum Gasteiger partial charge on any atom is 0.232 e. The fraction of sp³-hybridized carbons (Fsp3) is 0.588. The van der Waals surface area contributed by atoms with Crippen LogP contribution in [0.2, 0.25) is 0 Å². The highest BCUT2D eigenvalue weighted by Crippen LogP contribution is 2.36. The molecule has 8 heteroatoms. The second-order valence-electron chi connectivity index (χ2n) is 6.71. The van der Waals surface area contributed by atoms with Crippen LogP contribution in [0.1, 0.15) is 26.2 Å². The van der Waals surface area contributed by atoms with Crippen LogP contribution in [0.5, 0.6) is 11.5 Å². The minimum Gasteiger partial charge on any atom is -0.454 e. The standard InChI is InChI=1S/C17H24N2O5S/c1-13-4-3-8-18(11-13)17(20)7-9-19(25(2,21)22)14-5-6-15-16(10-14)24-12-23-15/h5-6,10,13H,3-4,7-9,11-12H2,1-2H3. The Morgan fingerprint density at radius 3 is 2.80 bits per heavy atom. The molecule has 0 spiro atoms. The summed E-state index contributed by atoms with van der Waals surface area (Å²) in [5.74, 6) is 1.61. The van der Waals surface area contributed by atoms with E-state index in [9.17, 15) is 13.2 Å². The topological polar surface area (TPSA) is 76.2 Å². The average Bonchev–Trinajstić information content (AvgIpc) is 3.01. The monoisotopic (exact) mass is 368 g/mol. The van der Waals surface area contributed by atoms with Gasteiger partial charge in [-0.2, -0.15) is 0 Å². The maximum absolute atomic E-state index is 12.5. The first-order valence-corrected chi connectivity index (χ1v) is 10.3. The average molecular weight is 368 g/mol. The zero-order valence-electron chi connectivity index (χ0n) is 14.6. The molecule has 2 aliphatic rings. The van der Waals surface area contributed by atoms with Gasteiger partial charge in [-0.15, -0.1) is 0 Å². The van der Waals surface area contributed by atoms with Crippen LogP contribution in [0.3, 0.4) is 0 Å². The lowest BCUT2D eigenvalue weighted by Crippen LogP contribution is -2.41. The molecular formula is C17H24N2O5S. The van der Waals surface area contributed by atoms with E-state index in [0.29, 0.717) is 23.1 Å². The summed E-state index contributed by atoms with van der Waals surface area (Å²) in [6.07, 6.45) is 3.44. The molecule has 1 amide bonds. The molecule has 7 nitrogen and oxygen atoms in total. The molecule has 0 aliphatic carbocycles. The van der Waals surface area contributed by atoms with E-state index in [-0.39, 0.29) is 25.7 Å². The summed E-state index contributed by atoms with van der Waals surface area (Å²) >= 11 is 0. The lowest BCUT2D eigenvalue weighted by Gasteiger charge is -2.31. The summed E-state index contributed by atoms with van der Waals surface area (Å²) in [5, 5.41) is 0. The Labute approximate surface area is 148 Å². The molecule has 1 atom stereocenters. The van der Waals surface area contributed by atoms with Crippen LogP contribution in [-0.2, 0) is 14.8 Å². The summed E-state index contributed by atoms with van der Waals surface area (Å²) in [6.45, 7) is 3.88. The number of rotatable bonds is 5. The minimum atomic E-state index is -3.51. The van der Waals surface area contributed by atoms with Crippen molar-refractivity contribution in [1.82, 2.24) is 4.90 Å². The van der Waals surface area contributed by atoms with Crippen LogP contribution in [-0.4, -0.2) is 51.9 Å². The molecular weight excluding hydrogens is 344 g/mol. The number of piperidine rings is 1. The summed E-state index contributed by atoms with van der Waals surface area (Å²) in [5.41, 5.74) is 0.478.